The van der Waals surface area contributed by atoms with Gasteiger partial charge in [-0.3, -0.25) is 0 Å². The minimum Gasteiger partial charge on any atom is -0.214 e. The normalized spacial score (nSPS) is 15.1. The molecule has 2 aromatic carbocycles. The van der Waals surface area contributed by atoms with Crippen molar-refractivity contribution < 1.29 is 16.8 Å². The number of benzene rings is 2. The highest BCUT2D eigenvalue weighted by atomic mass is 32.2. The Labute approximate surface area is 181 Å². The maximum Gasteiger partial charge on any atom is 0.213 e. The SMILES string of the molecule is CC(C)S(=O)(=O)NC[C@H](C)c1ccc2cc([C@@H](C)CNS(=O)(=O)C(C)C)ccc2c1. The Bertz CT molecular complexity index is 990. The third kappa shape index (κ3) is 6.26. The molecule has 0 heterocycles. The summed E-state index contributed by atoms with van der Waals surface area (Å²) in [4.78, 5) is 0. The molecule has 2 atom stereocenters. The zero-order chi connectivity index (χ0) is 22.7. The predicted octanol–water partition coefficient (Wildman–Crippen LogP) is 3.70. The first-order valence-electron chi connectivity index (χ1n) is 10.3. The summed E-state index contributed by atoms with van der Waals surface area (Å²) in [5.41, 5.74) is 2.14. The van der Waals surface area contributed by atoms with Crippen molar-refractivity contribution in [3.63, 3.8) is 0 Å². The number of sulfonamides is 2. The van der Waals surface area contributed by atoms with Crippen LogP contribution >= 0.6 is 0 Å². The van der Waals surface area contributed by atoms with Crippen LogP contribution in [-0.4, -0.2) is 40.4 Å². The molecule has 0 radical (unpaired) electrons. The summed E-state index contributed by atoms with van der Waals surface area (Å²) in [6, 6.07) is 12.3. The lowest BCUT2D eigenvalue weighted by Gasteiger charge is -2.17. The minimum absolute atomic E-state index is 0.0481. The molecule has 0 aliphatic carbocycles. The van der Waals surface area contributed by atoms with Crippen LogP contribution in [0.25, 0.3) is 10.8 Å². The van der Waals surface area contributed by atoms with Crippen LogP contribution in [0.4, 0.5) is 0 Å². The van der Waals surface area contributed by atoms with Crippen LogP contribution < -0.4 is 9.44 Å². The number of fused-ring (bicyclic) bond motifs is 1. The second-order valence-electron chi connectivity index (χ2n) is 8.55. The van der Waals surface area contributed by atoms with Crippen molar-refractivity contribution in [3.05, 3.63) is 47.5 Å². The van der Waals surface area contributed by atoms with Crippen molar-refractivity contribution in [2.75, 3.05) is 13.1 Å². The van der Waals surface area contributed by atoms with Gasteiger partial charge in [-0.25, -0.2) is 26.3 Å². The van der Waals surface area contributed by atoms with Gasteiger partial charge in [0, 0.05) is 13.1 Å². The Balaban J connectivity index is 2.12. The van der Waals surface area contributed by atoms with E-state index in [9.17, 15) is 16.8 Å². The van der Waals surface area contributed by atoms with Gasteiger partial charge in [-0.15, -0.1) is 0 Å². The zero-order valence-corrected chi connectivity index (χ0v) is 20.3. The van der Waals surface area contributed by atoms with E-state index in [4.69, 9.17) is 0 Å². The fourth-order valence-electron chi connectivity index (χ4n) is 2.95. The van der Waals surface area contributed by atoms with E-state index in [2.05, 4.69) is 21.6 Å². The van der Waals surface area contributed by atoms with E-state index in [-0.39, 0.29) is 11.8 Å². The van der Waals surface area contributed by atoms with Gasteiger partial charge in [-0.05, 0) is 61.4 Å². The molecule has 0 aliphatic heterocycles. The molecule has 0 saturated heterocycles. The molecular weight excluding hydrogens is 420 g/mol. The number of hydrogen-bond donors (Lipinski definition) is 2. The molecule has 0 saturated carbocycles. The molecule has 168 valence electrons. The standard InChI is InChI=1S/C22H34N2O4S2/c1-15(2)29(25,26)23-13-17(5)19-7-9-22-12-20(8-10-21(22)11-19)18(6)14-24-30(27,28)16(3)4/h7-12,15-18,23-24H,13-14H2,1-6H3/t17-,18-/m0/s1. The molecule has 0 aliphatic rings. The lowest BCUT2D eigenvalue weighted by atomic mass is 9.94. The van der Waals surface area contributed by atoms with E-state index in [1.807, 2.05) is 38.1 Å². The maximum atomic E-state index is 12.0. The van der Waals surface area contributed by atoms with Gasteiger partial charge in [0.2, 0.25) is 20.0 Å². The molecule has 8 heteroatoms. The first-order valence-corrected chi connectivity index (χ1v) is 13.4. The average molecular weight is 455 g/mol. The van der Waals surface area contributed by atoms with E-state index in [0.29, 0.717) is 13.1 Å². The number of hydrogen-bond acceptors (Lipinski definition) is 4. The Morgan fingerprint density at radius 2 is 0.967 bits per heavy atom. The van der Waals surface area contributed by atoms with Gasteiger partial charge >= 0.3 is 0 Å². The lowest BCUT2D eigenvalue weighted by molar-refractivity contribution is 0.564. The van der Waals surface area contributed by atoms with Crippen LogP contribution in [-0.2, 0) is 20.0 Å². The second-order valence-corrected chi connectivity index (χ2v) is 13.2. The van der Waals surface area contributed by atoms with E-state index >= 15 is 0 Å². The van der Waals surface area contributed by atoms with E-state index in [1.165, 1.54) is 0 Å². The molecule has 2 N–H and O–H groups in total. The van der Waals surface area contributed by atoms with E-state index in [1.54, 1.807) is 27.7 Å². The van der Waals surface area contributed by atoms with Crippen LogP contribution in [0.5, 0.6) is 0 Å². The molecule has 0 spiro atoms. The van der Waals surface area contributed by atoms with Crippen molar-refractivity contribution in [2.45, 2.75) is 63.9 Å². The highest BCUT2D eigenvalue weighted by Crippen LogP contribution is 2.25. The molecule has 0 fully saturated rings. The third-order valence-electron chi connectivity index (χ3n) is 5.45. The van der Waals surface area contributed by atoms with Gasteiger partial charge in [0.25, 0.3) is 0 Å². The molecule has 30 heavy (non-hydrogen) atoms. The minimum atomic E-state index is -3.28. The first-order chi connectivity index (χ1) is 13.8. The Morgan fingerprint density at radius 3 is 1.27 bits per heavy atom. The maximum absolute atomic E-state index is 12.0. The van der Waals surface area contributed by atoms with E-state index < -0.39 is 30.5 Å². The fraction of sp³-hybridized carbons (Fsp3) is 0.545. The highest BCUT2D eigenvalue weighted by Gasteiger charge is 2.18. The monoisotopic (exact) mass is 454 g/mol. The van der Waals surface area contributed by atoms with E-state index in [0.717, 1.165) is 21.9 Å². The topological polar surface area (TPSA) is 92.3 Å². The summed E-state index contributed by atoms with van der Waals surface area (Å²) in [6.45, 7) is 11.4. The van der Waals surface area contributed by atoms with Gasteiger partial charge in [0.1, 0.15) is 0 Å². The van der Waals surface area contributed by atoms with Gasteiger partial charge in [-0.2, -0.15) is 0 Å². The van der Waals surface area contributed by atoms with Crippen molar-refractivity contribution >= 4 is 30.8 Å². The molecular formula is C22H34N2O4S2. The van der Waals surface area contributed by atoms with Gasteiger partial charge < -0.3 is 0 Å². The Hall–Kier alpha value is -1.48. The average Bonchev–Trinajstić information content (AvgIpc) is 2.69. The molecule has 0 unspecified atom stereocenters. The molecule has 2 rings (SSSR count). The fourth-order valence-corrected chi connectivity index (χ4v) is 4.58. The Kier molecular flexibility index (Phi) is 8.07. The van der Waals surface area contributed by atoms with Gasteiger partial charge in [-0.1, -0.05) is 50.2 Å². The molecule has 6 nitrogen and oxygen atoms in total. The highest BCUT2D eigenvalue weighted by molar-refractivity contribution is 7.90. The molecule has 0 aromatic heterocycles. The second kappa shape index (κ2) is 9.77. The van der Waals surface area contributed by atoms with Crippen LogP contribution in [0, 0.1) is 0 Å². The van der Waals surface area contributed by atoms with Crippen molar-refractivity contribution in [1.82, 2.24) is 9.44 Å². The quantitative estimate of drug-likeness (QED) is 0.572. The summed E-state index contributed by atoms with van der Waals surface area (Å²) in [5, 5.41) is 1.24. The predicted molar refractivity (Wildman–Crippen MR) is 125 cm³/mol. The van der Waals surface area contributed by atoms with Gasteiger partial charge in [0.15, 0.2) is 0 Å². The Morgan fingerprint density at radius 1 is 0.633 bits per heavy atom. The zero-order valence-electron chi connectivity index (χ0n) is 18.6. The van der Waals surface area contributed by atoms with Crippen LogP contribution in [0.1, 0.15) is 64.5 Å². The molecule has 0 bridgehead atoms. The van der Waals surface area contributed by atoms with Crippen molar-refractivity contribution in [3.8, 4) is 0 Å². The summed E-state index contributed by atoms with van der Waals surface area (Å²) < 4.78 is 53.3. The summed E-state index contributed by atoms with van der Waals surface area (Å²) >= 11 is 0. The van der Waals surface area contributed by atoms with Crippen LogP contribution in [0.3, 0.4) is 0 Å². The summed E-state index contributed by atoms with van der Waals surface area (Å²) in [5.74, 6) is 0.0962. The molecule has 0 amide bonds. The van der Waals surface area contributed by atoms with Crippen LogP contribution in [0.2, 0.25) is 0 Å². The summed E-state index contributed by atoms with van der Waals surface area (Å²) in [7, 11) is -6.56. The first kappa shape index (κ1) is 24.8. The largest absolute Gasteiger partial charge is 0.214 e. The van der Waals surface area contributed by atoms with Crippen molar-refractivity contribution in [2.24, 2.45) is 0 Å². The van der Waals surface area contributed by atoms with Gasteiger partial charge in [0.05, 0.1) is 10.5 Å². The summed E-state index contributed by atoms with van der Waals surface area (Å²) in [6.07, 6.45) is 0. The number of nitrogens with one attached hydrogen (secondary N) is 2. The smallest absolute Gasteiger partial charge is 0.213 e. The lowest BCUT2D eigenvalue weighted by Crippen LogP contribution is -2.33. The number of rotatable bonds is 10. The van der Waals surface area contributed by atoms with Crippen LogP contribution in [0.15, 0.2) is 36.4 Å². The van der Waals surface area contributed by atoms with Crippen molar-refractivity contribution in [1.29, 1.82) is 0 Å². The third-order valence-corrected chi connectivity index (χ3v) is 9.07. The molecule has 2 aromatic rings.